The molecule has 0 radical (unpaired) electrons. The Morgan fingerprint density at radius 2 is 1.71 bits per heavy atom. The molecule has 0 saturated heterocycles. The predicted octanol–water partition coefficient (Wildman–Crippen LogP) is 3.77. The van der Waals surface area contributed by atoms with Crippen LogP contribution in [0.4, 0.5) is 10.1 Å². The molecule has 0 fully saturated rings. The normalized spacial score (nSPS) is 10.4. The Morgan fingerprint density at radius 3 is 2.33 bits per heavy atom. The van der Waals surface area contributed by atoms with Crippen molar-refractivity contribution >= 4 is 29.1 Å². The van der Waals surface area contributed by atoms with E-state index in [1.54, 1.807) is 0 Å². The summed E-state index contributed by atoms with van der Waals surface area (Å²) in [5.41, 5.74) is 3.50. The van der Waals surface area contributed by atoms with Crippen LogP contribution in [-0.4, -0.2) is 18.4 Å². The summed E-state index contributed by atoms with van der Waals surface area (Å²) in [7, 11) is 0. The smallest absolute Gasteiger partial charge is 0.254 e. The minimum absolute atomic E-state index is 0.196. The van der Waals surface area contributed by atoms with E-state index in [0.29, 0.717) is 5.69 Å². The second kappa shape index (κ2) is 7.45. The summed E-state index contributed by atoms with van der Waals surface area (Å²) in [6.45, 7) is 5.51. The molecule has 6 heteroatoms. The summed E-state index contributed by atoms with van der Waals surface area (Å²) >= 11 is 5.75. The minimum atomic E-state index is -0.692. The van der Waals surface area contributed by atoms with Crippen LogP contribution >= 0.6 is 11.6 Å². The lowest BCUT2D eigenvalue weighted by molar-refractivity contribution is -0.115. The highest BCUT2D eigenvalue weighted by Crippen LogP contribution is 2.21. The lowest BCUT2D eigenvalue weighted by Gasteiger charge is -2.13. The molecule has 2 amide bonds. The zero-order chi connectivity index (χ0) is 17.9. The van der Waals surface area contributed by atoms with Gasteiger partial charge in [0.05, 0.1) is 12.1 Å². The molecule has 0 aromatic heterocycles. The third-order valence-corrected chi connectivity index (χ3v) is 3.76. The molecule has 0 unspecified atom stereocenters. The van der Waals surface area contributed by atoms with Gasteiger partial charge in [-0.15, -0.1) is 0 Å². The van der Waals surface area contributed by atoms with Crippen molar-refractivity contribution in [3.05, 3.63) is 63.4 Å². The van der Waals surface area contributed by atoms with Crippen LogP contribution < -0.4 is 10.6 Å². The number of halogens is 2. The van der Waals surface area contributed by atoms with Gasteiger partial charge in [0.25, 0.3) is 5.91 Å². The first-order chi connectivity index (χ1) is 11.3. The maximum atomic E-state index is 13.6. The number of hydrogen-bond donors (Lipinski definition) is 2. The number of carbonyl (C=O) groups is 2. The van der Waals surface area contributed by atoms with Crippen LogP contribution in [0, 0.1) is 26.6 Å². The second-order valence-electron chi connectivity index (χ2n) is 5.63. The predicted molar refractivity (Wildman–Crippen MR) is 93.0 cm³/mol. The van der Waals surface area contributed by atoms with E-state index in [0.717, 1.165) is 22.8 Å². The van der Waals surface area contributed by atoms with Crippen LogP contribution in [0.1, 0.15) is 27.0 Å². The molecular weight excluding hydrogens is 331 g/mol. The fraction of sp³-hybridized carbons (Fsp3) is 0.222. The fourth-order valence-corrected chi connectivity index (χ4v) is 2.66. The highest BCUT2D eigenvalue weighted by Gasteiger charge is 2.14. The largest absolute Gasteiger partial charge is 0.343 e. The first-order valence-electron chi connectivity index (χ1n) is 7.39. The highest BCUT2D eigenvalue weighted by molar-refractivity contribution is 6.31. The molecule has 0 aliphatic heterocycles. The molecule has 2 aromatic rings. The van der Waals surface area contributed by atoms with Crippen molar-refractivity contribution < 1.29 is 14.0 Å². The van der Waals surface area contributed by atoms with E-state index in [1.807, 2.05) is 32.9 Å². The average molecular weight is 349 g/mol. The van der Waals surface area contributed by atoms with Crippen molar-refractivity contribution in [2.75, 3.05) is 11.9 Å². The molecule has 126 valence electrons. The molecule has 0 heterocycles. The molecule has 0 spiro atoms. The maximum Gasteiger partial charge on any atom is 0.254 e. The SMILES string of the molecule is Cc1cc(C)c(NC(=O)CNC(=O)c2cc(Cl)ccc2F)c(C)c1. The van der Waals surface area contributed by atoms with Crippen molar-refractivity contribution in [1.82, 2.24) is 5.32 Å². The quantitative estimate of drug-likeness (QED) is 0.883. The van der Waals surface area contributed by atoms with Crippen LogP contribution in [0.5, 0.6) is 0 Å². The van der Waals surface area contributed by atoms with Gasteiger partial charge in [-0.1, -0.05) is 29.3 Å². The lowest BCUT2D eigenvalue weighted by atomic mass is 10.1. The number of anilines is 1. The van der Waals surface area contributed by atoms with Gasteiger partial charge in [0, 0.05) is 10.7 Å². The third-order valence-electron chi connectivity index (χ3n) is 3.52. The van der Waals surface area contributed by atoms with Gasteiger partial charge in [-0.2, -0.15) is 0 Å². The summed E-state index contributed by atoms with van der Waals surface area (Å²) in [5.74, 6) is -1.77. The third kappa shape index (κ3) is 4.32. The van der Waals surface area contributed by atoms with Gasteiger partial charge in [0.2, 0.25) is 5.91 Å². The Morgan fingerprint density at radius 1 is 1.08 bits per heavy atom. The average Bonchev–Trinajstić information content (AvgIpc) is 2.50. The summed E-state index contributed by atoms with van der Waals surface area (Å²) in [6.07, 6.45) is 0. The number of nitrogens with one attached hydrogen (secondary N) is 2. The van der Waals surface area contributed by atoms with E-state index in [1.165, 1.54) is 12.1 Å². The lowest BCUT2D eigenvalue weighted by Crippen LogP contribution is -2.33. The van der Waals surface area contributed by atoms with Gasteiger partial charge in [-0.25, -0.2) is 4.39 Å². The van der Waals surface area contributed by atoms with Crippen molar-refractivity contribution in [2.45, 2.75) is 20.8 Å². The molecule has 0 bridgehead atoms. The molecule has 2 N–H and O–H groups in total. The summed E-state index contributed by atoms with van der Waals surface area (Å²) in [6, 6.07) is 7.60. The molecule has 2 aromatic carbocycles. The van der Waals surface area contributed by atoms with E-state index in [9.17, 15) is 14.0 Å². The molecule has 0 aliphatic carbocycles. The first kappa shape index (κ1) is 17.9. The van der Waals surface area contributed by atoms with Crippen molar-refractivity contribution in [2.24, 2.45) is 0 Å². The van der Waals surface area contributed by atoms with Gasteiger partial charge < -0.3 is 10.6 Å². The summed E-state index contributed by atoms with van der Waals surface area (Å²) in [5, 5.41) is 5.40. The second-order valence-corrected chi connectivity index (χ2v) is 6.07. The van der Waals surface area contributed by atoms with Crippen molar-refractivity contribution in [3.63, 3.8) is 0 Å². The van der Waals surface area contributed by atoms with Gasteiger partial charge in [-0.05, 0) is 50.1 Å². The molecule has 0 aliphatic rings. The number of hydrogen-bond acceptors (Lipinski definition) is 2. The van der Waals surface area contributed by atoms with E-state index in [4.69, 9.17) is 11.6 Å². The Balaban J connectivity index is 2.01. The zero-order valence-corrected chi connectivity index (χ0v) is 14.4. The Hall–Kier alpha value is -2.40. The van der Waals surface area contributed by atoms with Gasteiger partial charge >= 0.3 is 0 Å². The maximum absolute atomic E-state index is 13.6. The molecule has 0 saturated carbocycles. The Bertz CT molecular complexity index is 783. The first-order valence-corrected chi connectivity index (χ1v) is 7.76. The van der Waals surface area contributed by atoms with Crippen LogP contribution in [-0.2, 0) is 4.79 Å². The molecule has 0 atom stereocenters. The van der Waals surface area contributed by atoms with Gasteiger partial charge in [0.15, 0.2) is 0 Å². The minimum Gasteiger partial charge on any atom is -0.343 e. The van der Waals surface area contributed by atoms with E-state index in [-0.39, 0.29) is 23.0 Å². The Kier molecular flexibility index (Phi) is 5.57. The highest BCUT2D eigenvalue weighted by atomic mass is 35.5. The fourth-order valence-electron chi connectivity index (χ4n) is 2.49. The van der Waals surface area contributed by atoms with E-state index in [2.05, 4.69) is 10.6 Å². The number of amides is 2. The molecule has 24 heavy (non-hydrogen) atoms. The van der Waals surface area contributed by atoms with Crippen LogP contribution in [0.25, 0.3) is 0 Å². The Labute approximate surface area is 145 Å². The van der Waals surface area contributed by atoms with Crippen LogP contribution in [0.15, 0.2) is 30.3 Å². The summed E-state index contributed by atoms with van der Waals surface area (Å²) < 4.78 is 13.6. The monoisotopic (exact) mass is 348 g/mol. The summed E-state index contributed by atoms with van der Waals surface area (Å²) in [4.78, 5) is 24.0. The standard InChI is InChI=1S/C18H18ClFN2O2/c1-10-6-11(2)17(12(3)7-10)22-16(23)9-21-18(24)14-8-13(19)4-5-15(14)20/h4-8H,9H2,1-3H3,(H,21,24)(H,22,23). The van der Waals surface area contributed by atoms with E-state index < -0.39 is 11.7 Å². The van der Waals surface area contributed by atoms with Crippen molar-refractivity contribution in [3.8, 4) is 0 Å². The number of benzene rings is 2. The van der Waals surface area contributed by atoms with Crippen LogP contribution in [0.3, 0.4) is 0 Å². The van der Waals surface area contributed by atoms with Gasteiger partial charge in [-0.3, -0.25) is 9.59 Å². The number of carbonyl (C=O) groups excluding carboxylic acids is 2. The zero-order valence-electron chi connectivity index (χ0n) is 13.7. The number of aryl methyl sites for hydroxylation is 3. The van der Waals surface area contributed by atoms with Crippen LogP contribution in [0.2, 0.25) is 5.02 Å². The molecule has 2 rings (SSSR count). The van der Waals surface area contributed by atoms with E-state index >= 15 is 0 Å². The molecular formula is C18H18ClFN2O2. The number of rotatable bonds is 4. The molecule has 4 nitrogen and oxygen atoms in total. The topological polar surface area (TPSA) is 58.2 Å². The van der Waals surface area contributed by atoms with Crippen molar-refractivity contribution in [1.29, 1.82) is 0 Å². The van der Waals surface area contributed by atoms with Gasteiger partial charge in [0.1, 0.15) is 5.82 Å².